The Balaban J connectivity index is 0.866. The van der Waals surface area contributed by atoms with E-state index in [1.54, 1.807) is 0 Å². The molecule has 14 aromatic rings. The van der Waals surface area contributed by atoms with Crippen LogP contribution in [0.1, 0.15) is 0 Å². The van der Waals surface area contributed by atoms with Crippen molar-refractivity contribution in [1.29, 1.82) is 0 Å². The molecule has 0 N–H and O–H groups in total. The number of aromatic nitrogens is 5. The van der Waals surface area contributed by atoms with Crippen LogP contribution < -0.4 is 25.9 Å². The van der Waals surface area contributed by atoms with Crippen molar-refractivity contribution in [3.63, 3.8) is 0 Å². The van der Waals surface area contributed by atoms with Gasteiger partial charge in [0.05, 0.1) is 0 Å². The van der Waals surface area contributed by atoms with Gasteiger partial charge in [0.2, 0.25) is 0 Å². The van der Waals surface area contributed by atoms with E-state index in [1.165, 1.54) is 30.4 Å². The number of rotatable bonds is 5. The van der Waals surface area contributed by atoms with E-state index >= 15 is 0 Å². The van der Waals surface area contributed by atoms with Crippen molar-refractivity contribution in [3.05, 3.63) is 218 Å². The molecule has 0 unspecified atom stereocenters. The van der Waals surface area contributed by atoms with E-state index in [-0.39, 0.29) is 21.2 Å². The maximum atomic E-state index is 6.75. The van der Waals surface area contributed by atoms with E-state index in [9.17, 15) is 0 Å². The Morgan fingerprint density at radius 1 is 0.347 bits per heavy atom. The van der Waals surface area contributed by atoms with E-state index in [4.69, 9.17) is 24.4 Å². The number of para-hydroxylation sites is 6. The monoisotopic (exact) mass is 985 g/mol. The van der Waals surface area contributed by atoms with Crippen molar-refractivity contribution in [2.24, 2.45) is 0 Å². The minimum absolute atomic E-state index is 0.0228. The molecule has 72 heavy (non-hydrogen) atoms. The third kappa shape index (κ3) is 5.77. The summed E-state index contributed by atoms with van der Waals surface area (Å²) < 4.78 is 20.6. The molecule has 7 nitrogen and oxygen atoms in total. The van der Waals surface area contributed by atoms with Gasteiger partial charge in [0.15, 0.2) is 0 Å². The summed E-state index contributed by atoms with van der Waals surface area (Å²) in [5.74, 6) is 5.18. The Morgan fingerprint density at radius 3 is 1.28 bits per heavy atom. The zero-order valence-corrected chi connectivity index (χ0v) is 40.0. The fourth-order valence-corrected chi connectivity index (χ4v) is 14.5. The second-order valence-electron chi connectivity index (χ2n) is 18.6. The third-order valence-electron chi connectivity index (χ3n) is 14.7. The molecule has 10 aromatic carbocycles. The van der Waals surface area contributed by atoms with Crippen LogP contribution in [0.4, 0.5) is 0 Å². The molecule has 2 aliphatic rings. The topological polar surface area (TPSA) is 67.0 Å². The number of benzene rings is 10. The molecule has 0 aliphatic carbocycles. The standard InChI is InChI=1S/C63H36BN5O2Se/c1-7-28-50-42(18-1)43-19-2-8-29-51(43)68(50)62-65-61(66-63(67-62)69-52-30-9-3-20-44(52)45-21-4-10-31-53(45)69)38-17-13-16-37(34-38)40-22-14-24-46-47-25-15-23-41(60(47)72-59(40)46)39-35-56-58-57(36-39)71-55-33-12-6-27-49(55)64(58)48-26-5-11-32-54(48)70-56/h1-36H. The molecule has 0 spiro atoms. The van der Waals surface area contributed by atoms with Crippen molar-refractivity contribution in [3.8, 4) is 68.5 Å². The second-order valence-corrected chi connectivity index (χ2v) is 20.8. The normalized spacial score (nSPS) is 12.6. The van der Waals surface area contributed by atoms with Gasteiger partial charge < -0.3 is 0 Å². The first-order valence-electron chi connectivity index (χ1n) is 24.2. The average molecular weight is 985 g/mol. The summed E-state index contributed by atoms with van der Waals surface area (Å²) in [5.41, 5.74) is 13.1. The Bertz CT molecular complexity index is 4320. The average Bonchev–Trinajstić information content (AvgIpc) is 4.11. The summed E-state index contributed by atoms with van der Waals surface area (Å²) in [6.45, 7) is 0.0327. The summed E-state index contributed by atoms with van der Waals surface area (Å²) in [5, 5.41) is 7.12. The van der Waals surface area contributed by atoms with Gasteiger partial charge in [-0.25, -0.2) is 0 Å². The number of hydrogen-bond acceptors (Lipinski definition) is 5. The van der Waals surface area contributed by atoms with Gasteiger partial charge in [-0.1, -0.05) is 24.3 Å². The summed E-state index contributed by atoms with van der Waals surface area (Å²) in [7, 11) is 0. The van der Waals surface area contributed by atoms with Crippen LogP contribution in [-0.4, -0.2) is 45.3 Å². The summed E-state index contributed by atoms with van der Waals surface area (Å²) in [6, 6.07) is 77.5. The molecule has 0 fully saturated rings. The zero-order chi connectivity index (χ0) is 47.0. The van der Waals surface area contributed by atoms with Crippen molar-refractivity contribution in [1.82, 2.24) is 24.1 Å². The molecular weight excluding hydrogens is 948 g/mol. The van der Waals surface area contributed by atoms with E-state index in [0.717, 1.165) is 99.7 Å². The van der Waals surface area contributed by atoms with Gasteiger partial charge in [0.25, 0.3) is 0 Å². The zero-order valence-electron chi connectivity index (χ0n) is 38.3. The van der Waals surface area contributed by atoms with E-state index in [0.29, 0.717) is 17.7 Å². The van der Waals surface area contributed by atoms with Gasteiger partial charge in [0, 0.05) is 0 Å². The number of fused-ring (bicyclic) bond motifs is 13. The van der Waals surface area contributed by atoms with Crippen LogP contribution >= 0.6 is 0 Å². The maximum absolute atomic E-state index is 6.75. The van der Waals surface area contributed by atoms with Crippen molar-refractivity contribution >= 4 is 101 Å². The first-order chi connectivity index (χ1) is 35.7. The Kier molecular flexibility index (Phi) is 8.43. The molecule has 0 radical (unpaired) electrons. The SMILES string of the molecule is c1cc(-c2nc(-n3c4ccccc4c4ccccc43)nc(-n3c4ccccc4c4ccccc43)n2)cc(-c2cccc3c2[se]c2c(-c4cc5c6c(c4)Oc4ccccc4B6c4ccccc4O5)cccc23)c1. The predicted octanol–water partition coefficient (Wildman–Crippen LogP) is 13.2. The van der Waals surface area contributed by atoms with E-state index < -0.39 is 0 Å². The van der Waals surface area contributed by atoms with Crippen LogP contribution in [-0.2, 0) is 0 Å². The first kappa shape index (κ1) is 39.8. The minimum atomic E-state index is -0.0228. The van der Waals surface area contributed by atoms with Gasteiger partial charge in [-0.2, -0.15) is 0 Å². The van der Waals surface area contributed by atoms with Gasteiger partial charge >= 0.3 is 397 Å². The third-order valence-corrected chi connectivity index (χ3v) is 17.4. The predicted molar refractivity (Wildman–Crippen MR) is 294 cm³/mol. The van der Waals surface area contributed by atoms with Crippen LogP contribution in [0.25, 0.3) is 108 Å². The van der Waals surface area contributed by atoms with E-state index in [2.05, 4.69) is 228 Å². The number of nitrogens with zero attached hydrogens (tertiary/aromatic N) is 5. The van der Waals surface area contributed by atoms with E-state index in [1.807, 2.05) is 0 Å². The molecule has 0 amide bonds. The molecule has 334 valence electrons. The van der Waals surface area contributed by atoms with Crippen molar-refractivity contribution in [2.75, 3.05) is 0 Å². The van der Waals surface area contributed by atoms with Crippen molar-refractivity contribution in [2.45, 2.75) is 0 Å². The molecule has 0 saturated heterocycles. The van der Waals surface area contributed by atoms with Crippen LogP contribution in [0.2, 0.25) is 0 Å². The van der Waals surface area contributed by atoms with Gasteiger partial charge in [-0.05, 0) is 0 Å². The fourth-order valence-electron chi connectivity index (χ4n) is 11.6. The van der Waals surface area contributed by atoms with Gasteiger partial charge in [-0.15, -0.1) is 0 Å². The molecular formula is C63H36BN5O2Se. The Hall–Kier alpha value is -9.01. The second kappa shape index (κ2) is 15.2. The van der Waals surface area contributed by atoms with Gasteiger partial charge in [0.1, 0.15) is 0 Å². The molecule has 16 rings (SSSR count). The molecule has 0 saturated carbocycles. The Labute approximate surface area is 418 Å². The Morgan fingerprint density at radius 2 is 0.764 bits per heavy atom. The summed E-state index contributed by atoms with van der Waals surface area (Å²) in [6.07, 6.45) is 0. The molecule has 0 bridgehead atoms. The number of ether oxygens (including phenoxy) is 2. The number of hydrogen-bond donors (Lipinski definition) is 0. The van der Waals surface area contributed by atoms with Crippen LogP contribution in [0.3, 0.4) is 0 Å². The summed E-state index contributed by atoms with van der Waals surface area (Å²) in [4.78, 5) is 16.2. The van der Waals surface area contributed by atoms with Crippen LogP contribution in [0, 0.1) is 0 Å². The molecule has 0 atom stereocenters. The van der Waals surface area contributed by atoms with Crippen LogP contribution in [0.15, 0.2) is 218 Å². The fraction of sp³-hybridized carbons (Fsp3) is 0. The summed E-state index contributed by atoms with van der Waals surface area (Å²) >= 11 is -0.0228. The van der Waals surface area contributed by atoms with Crippen LogP contribution in [0.5, 0.6) is 23.0 Å². The first-order valence-corrected chi connectivity index (χ1v) is 25.9. The molecule has 9 heteroatoms. The quantitative estimate of drug-likeness (QED) is 0.161. The molecule has 2 aliphatic heterocycles. The van der Waals surface area contributed by atoms with Crippen molar-refractivity contribution < 1.29 is 9.47 Å². The molecule has 6 heterocycles. The molecule has 4 aromatic heterocycles. The van der Waals surface area contributed by atoms with Gasteiger partial charge in [-0.3, -0.25) is 0 Å².